The Kier molecular flexibility index (Phi) is 5.07. The van der Waals surface area contributed by atoms with Crippen molar-refractivity contribution >= 4 is 19.7 Å². The van der Waals surface area contributed by atoms with Gasteiger partial charge in [0.15, 0.2) is 0 Å². The maximum absolute atomic E-state index is 12.9. The summed E-state index contributed by atoms with van der Waals surface area (Å²) in [5, 5.41) is -0.265. The molecule has 3 aromatic rings. The van der Waals surface area contributed by atoms with Crippen LogP contribution in [0.5, 0.6) is 0 Å². The first-order valence-electron chi connectivity index (χ1n) is 7.66. The molecule has 0 amide bonds. The molecule has 0 aliphatic carbocycles. The summed E-state index contributed by atoms with van der Waals surface area (Å²) in [7, 11) is -2.47. The van der Waals surface area contributed by atoms with Gasteiger partial charge in [-0.3, -0.25) is 0 Å². The molecule has 3 rings (SSSR count). The minimum atomic E-state index is -3.46. The average molecular weight is 354 g/mol. The molecular weight excluding hydrogens is 336 g/mol. The van der Waals surface area contributed by atoms with Crippen LogP contribution in [-0.4, -0.2) is 8.42 Å². The summed E-state index contributed by atoms with van der Waals surface area (Å²) in [6.45, 7) is 1.94. The fraction of sp³-hybridized carbons (Fsp3) is 0.100. The van der Waals surface area contributed by atoms with Crippen molar-refractivity contribution in [2.75, 3.05) is 0 Å². The molecule has 0 aliphatic rings. The Morgan fingerprint density at radius 1 is 0.708 bits per heavy atom. The van der Waals surface area contributed by atoms with Crippen molar-refractivity contribution in [1.82, 2.24) is 0 Å². The van der Waals surface area contributed by atoms with Crippen molar-refractivity contribution in [2.24, 2.45) is 0 Å². The van der Waals surface area contributed by atoms with Gasteiger partial charge in [0.1, 0.15) is 0 Å². The summed E-state index contributed by atoms with van der Waals surface area (Å²) in [6, 6.07) is 26.5. The topological polar surface area (TPSA) is 34.1 Å². The first kappa shape index (κ1) is 16.8. The fourth-order valence-electron chi connectivity index (χ4n) is 2.45. The monoisotopic (exact) mass is 354 g/mol. The van der Waals surface area contributed by atoms with Gasteiger partial charge in [-0.15, -0.1) is 0 Å². The molecule has 2 nitrogen and oxygen atoms in total. The van der Waals surface area contributed by atoms with Gasteiger partial charge in [0.2, 0.25) is 8.87 Å². The fourth-order valence-corrected chi connectivity index (χ4v) is 5.91. The lowest BCUT2D eigenvalue weighted by Gasteiger charge is -2.17. The molecule has 0 aromatic heterocycles. The Morgan fingerprint density at radius 3 is 1.62 bits per heavy atom. The Hall–Kier alpha value is -2.04. The third-order valence-electron chi connectivity index (χ3n) is 3.74. The van der Waals surface area contributed by atoms with Crippen molar-refractivity contribution in [2.45, 2.75) is 17.1 Å². The van der Waals surface area contributed by atoms with Gasteiger partial charge in [-0.25, -0.2) is 8.42 Å². The first-order valence-corrected chi connectivity index (χ1v) is 10.5. The van der Waals surface area contributed by atoms with Crippen LogP contribution in [0.2, 0.25) is 0 Å². The zero-order valence-electron chi connectivity index (χ0n) is 13.3. The highest BCUT2D eigenvalue weighted by Gasteiger charge is 2.24. The highest BCUT2D eigenvalue weighted by atomic mass is 33.1. The first-order chi connectivity index (χ1) is 11.6. The van der Waals surface area contributed by atoms with Crippen LogP contribution >= 0.6 is 10.8 Å². The number of aryl methyl sites for hydroxylation is 1. The normalized spacial score (nSPS) is 11.6. The summed E-state index contributed by atoms with van der Waals surface area (Å²) >= 11 is 0. The van der Waals surface area contributed by atoms with Crippen LogP contribution in [0.1, 0.15) is 21.9 Å². The summed E-state index contributed by atoms with van der Waals surface area (Å²) in [6.07, 6.45) is 0. The third-order valence-corrected chi connectivity index (χ3v) is 7.49. The van der Waals surface area contributed by atoms with Crippen LogP contribution < -0.4 is 0 Å². The van der Waals surface area contributed by atoms with Gasteiger partial charge in [-0.1, -0.05) is 78.4 Å². The number of hydrogen-bond acceptors (Lipinski definition) is 3. The van der Waals surface area contributed by atoms with Gasteiger partial charge >= 0.3 is 0 Å². The van der Waals surface area contributed by atoms with Crippen molar-refractivity contribution in [3.05, 3.63) is 102 Å². The molecule has 0 aliphatic heterocycles. The maximum atomic E-state index is 12.9. The molecule has 0 spiro atoms. The minimum absolute atomic E-state index is 0.265. The highest BCUT2D eigenvalue weighted by Crippen LogP contribution is 2.41. The highest BCUT2D eigenvalue weighted by molar-refractivity contribution is 8.72. The van der Waals surface area contributed by atoms with Crippen molar-refractivity contribution in [3.8, 4) is 0 Å². The van der Waals surface area contributed by atoms with Gasteiger partial charge in [-0.2, -0.15) is 0 Å². The second-order valence-electron chi connectivity index (χ2n) is 5.56. The van der Waals surface area contributed by atoms with E-state index in [1.165, 1.54) is 0 Å². The van der Waals surface area contributed by atoms with Crippen molar-refractivity contribution < 1.29 is 8.42 Å². The SMILES string of the molecule is Cc1ccc(S(=O)(=O)SC(c2ccccc2)c2ccccc2)cc1. The molecule has 0 fully saturated rings. The van der Waals surface area contributed by atoms with Gasteiger partial charge in [0.25, 0.3) is 0 Å². The summed E-state index contributed by atoms with van der Waals surface area (Å²) in [5.41, 5.74) is 3.00. The molecule has 3 aromatic carbocycles. The van der Waals surface area contributed by atoms with E-state index in [9.17, 15) is 8.42 Å². The molecule has 0 saturated heterocycles. The molecule has 0 radical (unpaired) electrons. The number of benzene rings is 3. The molecule has 122 valence electrons. The van der Waals surface area contributed by atoms with E-state index in [2.05, 4.69) is 0 Å². The lowest BCUT2D eigenvalue weighted by atomic mass is 10.0. The summed E-state index contributed by atoms with van der Waals surface area (Å²) in [4.78, 5) is 0.343. The van der Waals surface area contributed by atoms with Gasteiger partial charge in [0, 0.05) is 0 Å². The van der Waals surface area contributed by atoms with Gasteiger partial charge < -0.3 is 0 Å². The standard InChI is InChI=1S/C20H18O2S2/c1-16-12-14-19(15-13-16)24(21,22)23-20(17-8-4-2-5-9-17)18-10-6-3-7-11-18/h2-15,20H,1H3. The Labute approximate surface area is 146 Å². The van der Waals surface area contributed by atoms with E-state index >= 15 is 0 Å². The Balaban J connectivity index is 1.99. The van der Waals surface area contributed by atoms with Crippen molar-refractivity contribution in [3.63, 3.8) is 0 Å². The molecular formula is C20H18O2S2. The van der Waals surface area contributed by atoms with E-state index in [0.717, 1.165) is 27.5 Å². The zero-order valence-corrected chi connectivity index (χ0v) is 14.9. The molecule has 0 atom stereocenters. The van der Waals surface area contributed by atoms with Crippen LogP contribution in [0.3, 0.4) is 0 Å². The third kappa shape index (κ3) is 3.89. The van der Waals surface area contributed by atoms with E-state index in [-0.39, 0.29) is 5.25 Å². The molecule has 0 saturated carbocycles. The predicted octanol–water partition coefficient (Wildman–Crippen LogP) is 5.21. The quantitative estimate of drug-likeness (QED) is 0.590. The lowest BCUT2D eigenvalue weighted by Crippen LogP contribution is -2.03. The van der Waals surface area contributed by atoms with E-state index in [1.807, 2.05) is 79.7 Å². The van der Waals surface area contributed by atoms with Gasteiger partial charge in [0.05, 0.1) is 10.1 Å². The maximum Gasteiger partial charge on any atom is 0.230 e. The smallest absolute Gasteiger partial charge is 0.212 e. The lowest BCUT2D eigenvalue weighted by molar-refractivity contribution is 0.610. The summed E-state index contributed by atoms with van der Waals surface area (Å²) < 4.78 is 25.7. The molecule has 0 heterocycles. The summed E-state index contributed by atoms with van der Waals surface area (Å²) in [5.74, 6) is 0. The largest absolute Gasteiger partial charge is 0.230 e. The Bertz CT molecular complexity index is 848. The minimum Gasteiger partial charge on any atom is -0.212 e. The van der Waals surface area contributed by atoms with Crippen LogP contribution in [-0.2, 0) is 8.87 Å². The zero-order chi connectivity index (χ0) is 17.0. The van der Waals surface area contributed by atoms with E-state index < -0.39 is 8.87 Å². The van der Waals surface area contributed by atoms with Crippen LogP contribution in [0, 0.1) is 6.92 Å². The van der Waals surface area contributed by atoms with Crippen LogP contribution in [0.15, 0.2) is 89.8 Å². The molecule has 0 bridgehead atoms. The number of rotatable bonds is 5. The Morgan fingerprint density at radius 2 is 1.17 bits per heavy atom. The molecule has 24 heavy (non-hydrogen) atoms. The van der Waals surface area contributed by atoms with E-state index in [1.54, 1.807) is 12.1 Å². The molecule has 0 unspecified atom stereocenters. The molecule has 0 N–H and O–H groups in total. The van der Waals surface area contributed by atoms with Crippen LogP contribution in [0.25, 0.3) is 0 Å². The van der Waals surface area contributed by atoms with Gasteiger partial charge in [-0.05, 0) is 41.0 Å². The van der Waals surface area contributed by atoms with Crippen LogP contribution in [0.4, 0.5) is 0 Å². The van der Waals surface area contributed by atoms with Crippen molar-refractivity contribution in [1.29, 1.82) is 0 Å². The average Bonchev–Trinajstić information content (AvgIpc) is 2.62. The second kappa shape index (κ2) is 7.24. The molecule has 4 heteroatoms. The predicted molar refractivity (Wildman–Crippen MR) is 101 cm³/mol. The van der Waals surface area contributed by atoms with E-state index in [4.69, 9.17) is 0 Å². The second-order valence-corrected chi connectivity index (χ2v) is 9.50. The number of hydrogen-bond donors (Lipinski definition) is 0. The van der Waals surface area contributed by atoms with E-state index in [0.29, 0.717) is 4.90 Å².